The van der Waals surface area contributed by atoms with Gasteiger partial charge in [0.05, 0.1) is 17.0 Å². The van der Waals surface area contributed by atoms with Gasteiger partial charge >= 0.3 is 5.97 Å². The van der Waals surface area contributed by atoms with Crippen molar-refractivity contribution in [3.05, 3.63) is 94.6 Å². The third-order valence-electron chi connectivity index (χ3n) is 4.46. The lowest BCUT2D eigenvalue weighted by Gasteiger charge is -2.07. The van der Waals surface area contributed by atoms with Crippen molar-refractivity contribution < 1.29 is 14.6 Å². The van der Waals surface area contributed by atoms with Gasteiger partial charge in [-0.1, -0.05) is 49.4 Å². The largest absolute Gasteiger partial charge is 0.488 e. The second-order valence-electron chi connectivity index (χ2n) is 7.31. The van der Waals surface area contributed by atoms with Crippen LogP contribution >= 0.6 is 23.2 Å². The Hall–Kier alpha value is -2.82. The Labute approximate surface area is 206 Å². The standard InChI is InChI=1S/C18H19NO3.C9H12Cl2/c1-12-4-5-13(2)17(10-12)19-14(3)11-22-16-8-6-15(7-9-16)18(20)21;1-3-8(2)9(11)6-4-5-7-10/h4-10H,11H2,1-3H3,(H,20,21);4-6H,2-3,7H2,1H3/b;5-4-,9-6+. The number of hydrogen-bond acceptors (Lipinski definition) is 3. The summed E-state index contributed by atoms with van der Waals surface area (Å²) in [5, 5.41) is 9.55. The first-order valence-corrected chi connectivity index (χ1v) is 11.4. The maximum absolute atomic E-state index is 10.8. The molecule has 2 aromatic rings. The Morgan fingerprint density at radius 2 is 1.85 bits per heavy atom. The molecule has 0 fully saturated rings. The molecule has 4 nitrogen and oxygen atoms in total. The third-order valence-corrected chi connectivity index (χ3v) is 5.03. The number of aliphatic imine (C=N–C) groups is 1. The summed E-state index contributed by atoms with van der Waals surface area (Å²) in [7, 11) is 0. The minimum absolute atomic E-state index is 0.244. The molecule has 0 bridgehead atoms. The number of allylic oxidation sites excluding steroid dienone is 5. The van der Waals surface area contributed by atoms with Crippen LogP contribution in [0, 0.1) is 13.8 Å². The highest BCUT2D eigenvalue weighted by Crippen LogP contribution is 2.20. The van der Waals surface area contributed by atoms with E-state index in [1.165, 1.54) is 17.7 Å². The first kappa shape index (κ1) is 28.2. The van der Waals surface area contributed by atoms with Gasteiger partial charge in [-0.25, -0.2) is 4.79 Å². The van der Waals surface area contributed by atoms with Crippen molar-refractivity contribution in [1.82, 2.24) is 0 Å². The van der Waals surface area contributed by atoms with Crippen molar-refractivity contribution in [1.29, 1.82) is 0 Å². The number of hydrogen-bond donors (Lipinski definition) is 1. The van der Waals surface area contributed by atoms with E-state index in [0.717, 1.165) is 29.0 Å². The first-order valence-electron chi connectivity index (χ1n) is 10.5. The summed E-state index contributed by atoms with van der Waals surface area (Å²) >= 11 is 11.3. The molecule has 0 heterocycles. The Morgan fingerprint density at radius 1 is 1.18 bits per heavy atom. The lowest BCUT2D eigenvalue weighted by atomic mass is 10.1. The number of nitrogens with zero attached hydrogens (tertiary/aromatic N) is 1. The van der Waals surface area contributed by atoms with Gasteiger partial charge in [0, 0.05) is 10.9 Å². The highest BCUT2D eigenvalue weighted by Gasteiger charge is 2.03. The minimum Gasteiger partial charge on any atom is -0.488 e. The smallest absolute Gasteiger partial charge is 0.335 e. The Balaban J connectivity index is 0.000000420. The fourth-order valence-corrected chi connectivity index (χ4v) is 2.76. The van der Waals surface area contributed by atoms with Crippen molar-refractivity contribution in [3.8, 4) is 5.75 Å². The van der Waals surface area contributed by atoms with E-state index in [-0.39, 0.29) is 5.56 Å². The zero-order valence-electron chi connectivity index (χ0n) is 19.6. The summed E-state index contributed by atoms with van der Waals surface area (Å²) in [4.78, 5) is 15.4. The molecular weight excluding hydrogens is 457 g/mol. The van der Waals surface area contributed by atoms with Gasteiger partial charge in [-0.15, -0.1) is 11.6 Å². The molecule has 0 saturated carbocycles. The summed E-state index contributed by atoms with van der Waals surface area (Å²) in [5.74, 6) is 0.193. The van der Waals surface area contributed by atoms with E-state index >= 15 is 0 Å². The van der Waals surface area contributed by atoms with Crippen LogP contribution in [-0.4, -0.2) is 29.3 Å². The zero-order valence-corrected chi connectivity index (χ0v) is 21.1. The van der Waals surface area contributed by atoms with Gasteiger partial charge in [-0.05, 0) is 80.3 Å². The quantitative estimate of drug-likeness (QED) is 0.221. The maximum Gasteiger partial charge on any atom is 0.335 e. The van der Waals surface area contributed by atoms with E-state index < -0.39 is 5.97 Å². The molecule has 1 N–H and O–H groups in total. The van der Waals surface area contributed by atoms with Crippen molar-refractivity contribution >= 4 is 40.6 Å². The van der Waals surface area contributed by atoms with Crippen molar-refractivity contribution in [3.63, 3.8) is 0 Å². The second kappa shape index (κ2) is 15.1. The topological polar surface area (TPSA) is 58.9 Å². The maximum atomic E-state index is 10.8. The number of ether oxygens (including phenoxy) is 1. The van der Waals surface area contributed by atoms with Gasteiger partial charge in [-0.3, -0.25) is 4.99 Å². The highest BCUT2D eigenvalue weighted by atomic mass is 35.5. The fraction of sp³-hybridized carbons (Fsp3) is 0.259. The number of carboxylic acid groups (broad SMARTS) is 1. The van der Waals surface area contributed by atoms with Crippen LogP contribution in [0.3, 0.4) is 0 Å². The van der Waals surface area contributed by atoms with Gasteiger partial charge in [0.15, 0.2) is 0 Å². The van der Waals surface area contributed by atoms with E-state index in [2.05, 4.69) is 17.6 Å². The predicted molar refractivity (Wildman–Crippen MR) is 141 cm³/mol. The normalized spacial score (nSPS) is 11.7. The number of aromatic carboxylic acids is 1. The average Bonchev–Trinajstić information content (AvgIpc) is 2.80. The summed E-state index contributed by atoms with van der Waals surface area (Å²) < 4.78 is 5.62. The second-order valence-corrected chi connectivity index (χ2v) is 8.03. The van der Waals surface area contributed by atoms with Gasteiger partial charge in [-0.2, -0.15) is 0 Å². The van der Waals surface area contributed by atoms with E-state index in [1.807, 2.05) is 52.0 Å². The van der Waals surface area contributed by atoms with Crippen LogP contribution in [0.4, 0.5) is 5.69 Å². The number of alkyl halides is 1. The van der Waals surface area contributed by atoms with Gasteiger partial charge < -0.3 is 9.84 Å². The van der Waals surface area contributed by atoms with Crippen LogP contribution in [0.15, 0.2) is 82.9 Å². The lowest BCUT2D eigenvalue weighted by Crippen LogP contribution is -2.07. The monoisotopic (exact) mass is 487 g/mol. The third kappa shape index (κ3) is 11.0. The molecule has 0 spiro atoms. The van der Waals surface area contributed by atoms with Crippen LogP contribution < -0.4 is 4.74 Å². The number of carboxylic acids is 1. The molecule has 0 atom stereocenters. The summed E-state index contributed by atoms with van der Waals surface area (Å²) in [5.41, 5.74) is 5.29. The first-order chi connectivity index (χ1) is 15.7. The predicted octanol–water partition coefficient (Wildman–Crippen LogP) is 8.04. The molecule has 0 radical (unpaired) electrons. The van der Waals surface area contributed by atoms with Crippen LogP contribution in [-0.2, 0) is 0 Å². The van der Waals surface area contributed by atoms with Crippen LogP contribution in [0.5, 0.6) is 5.75 Å². The van der Waals surface area contributed by atoms with Crippen molar-refractivity contribution in [2.75, 3.05) is 12.5 Å². The van der Waals surface area contributed by atoms with Crippen LogP contribution in [0.2, 0.25) is 0 Å². The lowest BCUT2D eigenvalue weighted by molar-refractivity contribution is 0.0697. The number of benzene rings is 2. The van der Waals surface area contributed by atoms with E-state index in [0.29, 0.717) is 23.3 Å². The summed E-state index contributed by atoms with van der Waals surface area (Å²) in [6.07, 6.45) is 6.34. The Morgan fingerprint density at radius 3 is 2.42 bits per heavy atom. The minimum atomic E-state index is -0.945. The van der Waals surface area contributed by atoms with E-state index in [9.17, 15) is 4.79 Å². The van der Waals surface area contributed by atoms with Crippen molar-refractivity contribution in [2.24, 2.45) is 4.99 Å². The molecule has 0 aromatic heterocycles. The summed E-state index contributed by atoms with van der Waals surface area (Å²) in [6, 6.07) is 12.5. The molecule has 33 heavy (non-hydrogen) atoms. The molecular formula is C27H31Cl2NO3. The molecule has 0 amide bonds. The summed E-state index contributed by atoms with van der Waals surface area (Å²) in [6.45, 7) is 12.1. The highest BCUT2D eigenvalue weighted by molar-refractivity contribution is 6.32. The van der Waals surface area contributed by atoms with Crippen LogP contribution in [0.1, 0.15) is 41.8 Å². The molecule has 0 aliphatic carbocycles. The Kier molecular flexibility index (Phi) is 12.9. The molecule has 0 saturated heterocycles. The fourth-order valence-electron chi connectivity index (χ4n) is 2.45. The zero-order chi connectivity index (χ0) is 24.8. The SMILES string of the molecule is C=C(CC)/C(Cl)=C\C=C/CCl.CC(COc1ccc(C(=O)O)cc1)=Nc1cc(C)ccc1C. The van der Waals surface area contributed by atoms with E-state index in [1.54, 1.807) is 18.2 Å². The molecule has 6 heteroatoms. The molecule has 0 unspecified atom stereocenters. The van der Waals surface area contributed by atoms with Gasteiger partial charge in [0.1, 0.15) is 12.4 Å². The van der Waals surface area contributed by atoms with Gasteiger partial charge in [0.2, 0.25) is 0 Å². The number of rotatable bonds is 9. The molecule has 0 aliphatic heterocycles. The van der Waals surface area contributed by atoms with Crippen LogP contribution in [0.25, 0.3) is 0 Å². The average molecular weight is 488 g/mol. The Bertz CT molecular complexity index is 1020. The number of aryl methyl sites for hydroxylation is 2. The number of carbonyl (C=O) groups is 1. The molecule has 176 valence electrons. The molecule has 2 aromatic carbocycles. The van der Waals surface area contributed by atoms with Crippen molar-refractivity contribution in [2.45, 2.75) is 34.1 Å². The number of halogens is 2. The van der Waals surface area contributed by atoms with E-state index in [4.69, 9.17) is 33.0 Å². The molecule has 0 aliphatic rings. The van der Waals surface area contributed by atoms with Gasteiger partial charge in [0.25, 0.3) is 0 Å². The molecule has 2 rings (SSSR count).